The molecule has 0 saturated heterocycles. The summed E-state index contributed by atoms with van der Waals surface area (Å²) in [6.07, 6.45) is 2.06. The highest BCUT2D eigenvalue weighted by Gasteiger charge is 2.23. The SMILES string of the molecule is COc1ccc(S(=O)(=O)c2ccc3c(c2)CCC3C)cc1. The van der Waals surface area contributed by atoms with Gasteiger partial charge in [-0.25, -0.2) is 8.42 Å². The van der Waals surface area contributed by atoms with Crippen molar-refractivity contribution in [3.05, 3.63) is 53.6 Å². The smallest absolute Gasteiger partial charge is 0.206 e. The monoisotopic (exact) mass is 302 g/mol. The van der Waals surface area contributed by atoms with Gasteiger partial charge in [0.25, 0.3) is 0 Å². The van der Waals surface area contributed by atoms with Crippen LogP contribution in [0, 0.1) is 0 Å². The molecule has 0 saturated carbocycles. The van der Waals surface area contributed by atoms with E-state index in [1.807, 2.05) is 12.1 Å². The van der Waals surface area contributed by atoms with Crippen LogP contribution in [0.4, 0.5) is 0 Å². The number of fused-ring (bicyclic) bond motifs is 1. The van der Waals surface area contributed by atoms with Crippen LogP contribution < -0.4 is 4.74 Å². The zero-order chi connectivity index (χ0) is 15.0. The number of sulfone groups is 1. The van der Waals surface area contributed by atoms with Gasteiger partial charge in [-0.05, 0) is 66.3 Å². The third-order valence-electron chi connectivity index (χ3n) is 4.17. The van der Waals surface area contributed by atoms with Crippen molar-refractivity contribution >= 4 is 9.84 Å². The van der Waals surface area contributed by atoms with Gasteiger partial charge in [-0.1, -0.05) is 13.0 Å². The molecule has 0 aromatic heterocycles. The minimum Gasteiger partial charge on any atom is -0.497 e. The molecule has 0 heterocycles. The zero-order valence-electron chi connectivity index (χ0n) is 12.2. The maximum Gasteiger partial charge on any atom is 0.206 e. The molecule has 2 aromatic carbocycles. The van der Waals surface area contributed by atoms with E-state index in [2.05, 4.69) is 6.92 Å². The second kappa shape index (κ2) is 5.19. The van der Waals surface area contributed by atoms with Crippen molar-refractivity contribution < 1.29 is 13.2 Å². The molecule has 1 unspecified atom stereocenters. The number of benzene rings is 2. The van der Waals surface area contributed by atoms with Crippen LogP contribution >= 0.6 is 0 Å². The highest BCUT2D eigenvalue weighted by Crippen LogP contribution is 2.35. The predicted octanol–water partition coefficient (Wildman–Crippen LogP) is 3.58. The second-order valence-corrected chi connectivity index (χ2v) is 7.43. The molecule has 1 aliphatic carbocycles. The van der Waals surface area contributed by atoms with Gasteiger partial charge in [0, 0.05) is 0 Å². The highest BCUT2D eigenvalue weighted by molar-refractivity contribution is 7.91. The van der Waals surface area contributed by atoms with Crippen LogP contribution in [0.1, 0.15) is 30.4 Å². The zero-order valence-corrected chi connectivity index (χ0v) is 13.0. The molecule has 0 radical (unpaired) electrons. The van der Waals surface area contributed by atoms with E-state index in [9.17, 15) is 8.42 Å². The lowest BCUT2D eigenvalue weighted by molar-refractivity contribution is 0.414. The van der Waals surface area contributed by atoms with E-state index >= 15 is 0 Å². The molecule has 2 aromatic rings. The number of hydrogen-bond acceptors (Lipinski definition) is 3. The Hall–Kier alpha value is -1.81. The van der Waals surface area contributed by atoms with Crippen molar-refractivity contribution in [3.63, 3.8) is 0 Å². The van der Waals surface area contributed by atoms with Gasteiger partial charge in [0.1, 0.15) is 5.75 Å². The average molecular weight is 302 g/mol. The van der Waals surface area contributed by atoms with E-state index in [1.54, 1.807) is 37.4 Å². The Kier molecular flexibility index (Phi) is 3.49. The van der Waals surface area contributed by atoms with Gasteiger partial charge in [-0.15, -0.1) is 0 Å². The first-order valence-corrected chi connectivity index (χ1v) is 8.52. The molecule has 0 spiro atoms. The third kappa shape index (κ3) is 2.44. The Bertz CT molecular complexity index is 761. The van der Waals surface area contributed by atoms with E-state index in [-0.39, 0.29) is 0 Å². The quantitative estimate of drug-likeness (QED) is 0.870. The van der Waals surface area contributed by atoms with E-state index in [0.717, 1.165) is 18.4 Å². The molecule has 4 heteroatoms. The first-order chi connectivity index (χ1) is 10.0. The van der Waals surface area contributed by atoms with Crippen LogP contribution in [-0.2, 0) is 16.3 Å². The summed E-state index contributed by atoms with van der Waals surface area (Å²) in [6.45, 7) is 2.18. The predicted molar refractivity (Wildman–Crippen MR) is 81.6 cm³/mol. The van der Waals surface area contributed by atoms with Gasteiger partial charge >= 0.3 is 0 Å². The fourth-order valence-corrected chi connectivity index (χ4v) is 4.18. The molecule has 1 aliphatic rings. The summed E-state index contributed by atoms with van der Waals surface area (Å²) >= 11 is 0. The summed E-state index contributed by atoms with van der Waals surface area (Å²) in [7, 11) is -1.90. The van der Waals surface area contributed by atoms with Crippen molar-refractivity contribution in [2.75, 3.05) is 7.11 Å². The van der Waals surface area contributed by atoms with Crippen LogP contribution in [0.3, 0.4) is 0 Å². The van der Waals surface area contributed by atoms with Crippen molar-refractivity contribution in [1.29, 1.82) is 0 Å². The summed E-state index contributed by atoms with van der Waals surface area (Å²) in [5, 5.41) is 0. The van der Waals surface area contributed by atoms with Crippen molar-refractivity contribution in [2.24, 2.45) is 0 Å². The van der Waals surface area contributed by atoms with Gasteiger partial charge in [0.05, 0.1) is 16.9 Å². The molecule has 3 rings (SSSR count). The van der Waals surface area contributed by atoms with Gasteiger partial charge in [-0.2, -0.15) is 0 Å². The lowest BCUT2D eigenvalue weighted by atomic mass is 10.0. The highest BCUT2D eigenvalue weighted by atomic mass is 32.2. The van der Waals surface area contributed by atoms with Gasteiger partial charge < -0.3 is 4.74 Å². The summed E-state index contributed by atoms with van der Waals surface area (Å²) in [4.78, 5) is 0.676. The second-order valence-electron chi connectivity index (χ2n) is 5.48. The molecular weight excluding hydrogens is 284 g/mol. The van der Waals surface area contributed by atoms with E-state index in [0.29, 0.717) is 21.5 Å². The maximum absolute atomic E-state index is 12.7. The fraction of sp³-hybridized carbons (Fsp3) is 0.294. The minimum atomic E-state index is -3.46. The van der Waals surface area contributed by atoms with Crippen LogP contribution in [0.5, 0.6) is 5.75 Å². The normalized spacial score (nSPS) is 17.5. The van der Waals surface area contributed by atoms with E-state index in [1.165, 1.54) is 5.56 Å². The van der Waals surface area contributed by atoms with E-state index in [4.69, 9.17) is 4.74 Å². The molecule has 0 aliphatic heterocycles. The number of hydrogen-bond donors (Lipinski definition) is 0. The lowest BCUT2D eigenvalue weighted by Crippen LogP contribution is -2.03. The molecule has 0 amide bonds. The molecule has 0 bridgehead atoms. The Labute approximate surface area is 125 Å². The Morgan fingerprint density at radius 2 is 1.71 bits per heavy atom. The number of methoxy groups -OCH3 is 1. The minimum absolute atomic E-state index is 0.300. The van der Waals surface area contributed by atoms with Crippen molar-refractivity contribution in [2.45, 2.75) is 35.5 Å². The van der Waals surface area contributed by atoms with Gasteiger partial charge in [0.2, 0.25) is 9.84 Å². The number of aryl methyl sites for hydroxylation is 1. The summed E-state index contributed by atoms with van der Waals surface area (Å²) in [6, 6.07) is 12.0. The van der Waals surface area contributed by atoms with Crippen molar-refractivity contribution in [3.8, 4) is 5.75 Å². The van der Waals surface area contributed by atoms with Crippen molar-refractivity contribution in [1.82, 2.24) is 0 Å². The van der Waals surface area contributed by atoms with Gasteiger partial charge in [-0.3, -0.25) is 0 Å². The molecule has 0 fully saturated rings. The lowest BCUT2D eigenvalue weighted by Gasteiger charge is -2.09. The number of ether oxygens (including phenoxy) is 1. The summed E-state index contributed by atoms with van der Waals surface area (Å²) < 4.78 is 30.4. The van der Waals surface area contributed by atoms with Crippen LogP contribution in [0.15, 0.2) is 52.3 Å². The topological polar surface area (TPSA) is 43.4 Å². The van der Waals surface area contributed by atoms with Crippen LogP contribution in [-0.4, -0.2) is 15.5 Å². The van der Waals surface area contributed by atoms with Gasteiger partial charge in [0.15, 0.2) is 0 Å². The molecule has 0 N–H and O–H groups in total. The van der Waals surface area contributed by atoms with Crippen LogP contribution in [0.2, 0.25) is 0 Å². The molecule has 110 valence electrons. The summed E-state index contributed by atoms with van der Waals surface area (Å²) in [5.74, 6) is 1.18. The molecule has 21 heavy (non-hydrogen) atoms. The third-order valence-corrected chi connectivity index (χ3v) is 5.94. The number of rotatable bonds is 3. The summed E-state index contributed by atoms with van der Waals surface area (Å²) in [5.41, 5.74) is 2.45. The molecular formula is C17H18O3S. The first kappa shape index (κ1) is 14.1. The average Bonchev–Trinajstić information content (AvgIpc) is 2.88. The Morgan fingerprint density at radius 3 is 2.38 bits per heavy atom. The largest absolute Gasteiger partial charge is 0.497 e. The first-order valence-electron chi connectivity index (χ1n) is 7.04. The Balaban J connectivity index is 2.02. The fourth-order valence-electron chi connectivity index (χ4n) is 2.87. The molecule has 3 nitrogen and oxygen atoms in total. The standard InChI is InChI=1S/C17H18O3S/c1-12-3-4-13-11-16(9-10-17(12)13)21(18,19)15-7-5-14(20-2)6-8-15/h5-12H,3-4H2,1-2H3. The Morgan fingerprint density at radius 1 is 1.05 bits per heavy atom. The van der Waals surface area contributed by atoms with E-state index < -0.39 is 9.84 Å². The maximum atomic E-state index is 12.7. The molecule has 1 atom stereocenters. The van der Waals surface area contributed by atoms with Crippen LogP contribution in [0.25, 0.3) is 0 Å².